The van der Waals surface area contributed by atoms with Crippen LogP contribution in [0.3, 0.4) is 0 Å². The lowest BCUT2D eigenvalue weighted by molar-refractivity contribution is -0.132. The van der Waals surface area contributed by atoms with E-state index >= 15 is 0 Å². The molecule has 6 nitrogen and oxygen atoms in total. The first-order chi connectivity index (χ1) is 10.1. The van der Waals surface area contributed by atoms with Crippen molar-refractivity contribution in [3.8, 4) is 0 Å². The Morgan fingerprint density at radius 1 is 1.36 bits per heavy atom. The predicted molar refractivity (Wildman–Crippen MR) is 89.8 cm³/mol. The minimum atomic E-state index is -0.333. The van der Waals surface area contributed by atoms with Gasteiger partial charge in [0.15, 0.2) is 0 Å². The van der Waals surface area contributed by atoms with E-state index in [1.165, 1.54) is 5.56 Å². The predicted octanol–water partition coefficient (Wildman–Crippen LogP) is 1.00. The molecule has 0 aromatic carbocycles. The van der Waals surface area contributed by atoms with E-state index < -0.39 is 0 Å². The molecule has 1 aliphatic rings. The van der Waals surface area contributed by atoms with Crippen molar-refractivity contribution in [2.75, 3.05) is 26.2 Å². The first kappa shape index (κ1) is 18.9. The SMILES string of the molecule is CCCC(N)C(=O)N1CCCN(Cc2cnn(C)c2)CC1.Cl. The highest BCUT2D eigenvalue weighted by Crippen LogP contribution is 2.10. The van der Waals surface area contributed by atoms with Crippen molar-refractivity contribution < 1.29 is 4.79 Å². The first-order valence-corrected chi connectivity index (χ1v) is 7.84. The first-order valence-electron chi connectivity index (χ1n) is 7.84. The number of nitrogens with two attached hydrogens (primary N) is 1. The zero-order chi connectivity index (χ0) is 15.2. The lowest BCUT2D eigenvalue weighted by Gasteiger charge is -2.24. The van der Waals surface area contributed by atoms with E-state index in [0.29, 0.717) is 0 Å². The third kappa shape index (κ3) is 5.26. The van der Waals surface area contributed by atoms with Crippen LogP contribution in [0.2, 0.25) is 0 Å². The molecule has 1 saturated heterocycles. The minimum Gasteiger partial charge on any atom is -0.340 e. The number of nitrogens with zero attached hydrogens (tertiary/aromatic N) is 4. The summed E-state index contributed by atoms with van der Waals surface area (Å²) in [6.07, 6.45) is 6.68. The molecule has 2 heterocycles. The molecule has 1 aromatic heterocycles. The van der Waals surface area contributed by atoms with Crippen LogP contribution in [0.25, 0.3) is 0 Å². The number of amides is 1. The molecule has 1 fully saturated rings. The maximum Gasteiger partial charge on any atom is 0.239 e. The summed E-state index contributed by atoms with van der Waals surface area (Å²) in [7, 11) is 1.93. The highest BCUT2D eigenvalue weighted by atomic mass is 35.5. The van der Waals surface area contributed by atoms with Gasteiger partial charge in [-0.2, -0.15) is 5.10 Å². The van der Waals surface area contributed by atoms with E-state index in [1.54, 1.807) is 0 Å². The average molecular weight is 330 g/mol. The van der Waals surface area contributed by atoms with Gasteiger partial charge in [-0.25, -0.2) is 0 Å². The van der Waals surface area contributed by atoms with Gasteiger partial charge in [0.05, 0.1) is 12.2 Å². The summed E-state index contributed by atoms with van der Waals surface area (Å²) in [5, 5.41) is 4.20. The van der Waals surface area contributed by atoms with Crippen molar-refractivity contribution in [3.63, 3.8) is 0 Å². The molecular weight excluding hydrogens is 302 g/mol. The van der Waals surface area contributed by atoms with E-state index in [9.17, 15) is 4.79 Å². The number of rotatable bonds is 5. The zero-order valence-electron chi connectivity index (χ0n) is 13.6. The maximum absolute atomic E-state index is 12.3. The van der Waals surface area contributed by atoms with Gasteiger partial charge in [-0.3, -0.25) is 14.4 Å². The van der Waals surface area contributed by atoms with E-state index in [0.717, 1.165) is 52.0 Å². The number of hydrogen-bond acceptors (Lipinski definition) is 4. The van der Waals surface area contributed by atoms with Crippen LogP contribution in [0.15, 0.2) is 12.4 Å². The Bertz CT molecular complexity index is 465. The normalized spacial score (nSPS) is 17.7. The molecule has 2 rings (SSSR count). The maximum atomic E-state index is 12.3. The monoisotopic (exact) mass is 329 g/mol. The summed E-state index contributed by atoms with van der Waals surface area (Å²) >= 11 is 0. The molecule has 0 radical (unpaired) electrons. The molecule has 1 amide bonds. The molecule has 1 unspecified atom stereocenters. The molecule has 0 bridgehead atoms. The van der Waals surface area contributed by atoms with E-state index in [2.05, 4.69) is 16.9 Å². The van der Waals surface area contributed by atoms with E-state index in [1.807, 2.05) is 29.0 Å². The summed E-state index contributed by atoms with van der Waals surface area (Å²) in [4.78, 5) is 16.6. The number of carbonyl (C=O) groups excluding carboxylic acids is 1. The number of hydrogen-bond donors (Lipinski definition) is 1. The molecule has 1 atom stereocenters. The third-order valence-electron chi connectivity index (χ3n) is 3.98. The van der Waals surface area contributed by atoms with Crippen molar-refractivity contribution in [2.24, 2.45) is 12.8 Å². The Hall–Kier alpha value is -1.11. The Labute approximate surface area is 139 Å². The molecule has 7 heteroatoms. The summed E-state index contributed by atoms with van der Waals surface area (Å²) in [5.41, 5.74) is 7.18. The summed E-state index contributed by atoms with van der Waals surface area (Å²) < 4.78 is 1.83. The second-order valence-electron chi connectivity index (χ2n) is 5.87. The lowest BCUT2D eigenvalue weighted by atomic mass is 10.1. The van der Waals surface area contributed by atoms with Gasteiger partial charge in [-0.15, -0.1) is 12.4 Å². The summed E-state index contributed by atoms with van der Waals surface area (Å²) in [6, 6.07) is -0.333. The fourth-order valence-corrected chi connectivity index (χ4v) is 2.83. The molecule has 22 heavy (non-hydrogen) atoms. The van der Waals surface area contributed by atoms with Gasteiger partial charge in [-0.05, 0) is 12.8 Å². The Balaban J connectivity index is 0.00000242. The van der Waals surface area contributed by atoms with Crippen molar-refractivity contribution in [2.45, 2.75) is 38.8 Å². The quantitative estimate of drug-likeness (QED) is 0.875. The Morgan fingerprint density at radius 3 is 2.77 bits per heavy atom. The molecule has 0 aliphatic carbocycles. The van der Waals surface area contributed by atoms with Gasteiger partial charge in [0.1, 0.15) is 0 Å². The van der Waals surface area contributed by atoms with Crippen LogP contribution < -0.4 is 5.73 Å². The summed E-state index contributed by atoms with van der Waals surface area (Å²) in [6.45, 7) is 6.47. The van der Waals surface area contributed by atoms with Gasteiger partial charge in [-0.1, -0.05) is 13.3 Å². The fraction of sp³-hybridized carbons (Fsp3) is 0.733. The van der Waals surface area contributed by atoms with E-state index in [4.69, 9.17) is 5.73 Å². The second kappa shape index (κ2) is 9.12. The van der Waals surface area contributed by atoms with Crippen molar-refractivity contribution in [3.05, 3.63) is 18.0 Å². The molecular formula is C15H28ClN5O. The van der Waals surface area contributed by atoms with Gasteiger partial charge in [0.25, 0.3) is 0 Å². The zero-order valence-corrected chi connectivity index (χ0v) is 14.4. The largest absolute Gasteiger partial charge is 0.340 e. The number of aromatic nitrogens is 2. The lowest BCUT2D eigenvalue weighted by Crippen LogP contribution is -2.45. The molecule has 1 aliphatic heterocycles. The molecule has 1 aromatic rings. The summed E-state index contributed by atoms with van der Waals surface area (Å²) in [5.74, 6) is 0.111. The van der Waals surface area contributed by atoms with Crippen LogP contribution in [-0.2, 0) is 18.4 Å². The minimum absolute atomic E-state index is 0. The Morgan fingerprint density at radius 2 is 2.14 bits per heavy atom. The number of carbonyl (C=O) groups is 1. The van der Waals surface area contributed by atoms with Gasteiger partial charge in [0.2, 0.25) is 5.91 Å². The fourth-order valence-electron chi connectivity index (χ4n) is 2.83. The van der Waals surface area contributed by atoms with Crippen LogP contribution in [-0.4, -0.2) is 57.7 Å². The molecule has 126 valence electrons. The number of aryl methyl sites for hydroxylation is 1. The Kier molecular flexibility index (Phi) is 7.85. The number of halogens is 1. The van der Waals surface area contributed by atoms with Crippen molar-refractivity contribution in [1.29, 1.82) is 0 Å². The van der Waals surface area contributed by atoms with E-state index in [-0.39, 0.29) is 24.4 Å². The van der Waals surface area contributed by atoms with Crippen molar-refractivity contribution >= 4 is 18.3 Å². The standard InChI is InChI=1S/C15H27N5O.ClH/c1-3-5-14(16)15(21)20-7-4-6-19(8-9-20)12-13-10-17-18(2)11-13;/h10-11,14H,3-9,12,16H2,1-2H3;1H. The van der Waals surface area contributed by atoms with Crippen LogP contribution in [0.1, 0.15) is 31.7 Å². The second-order valence-corrected chi connectivity index (χ2v) is 5.87. The van der Waals surface area contributed by atoms with Crippen LogP contribution in [0.5, 0.6) is 0 Å². The molecule has 2 N–H and O–H groups in total. The highest BCUT2D eigenvalue weighted by molar-refractivity contribution is 5.85. The van der Waals surface area contributed by atoms with Crippen LogP contribution >= 0.6 is 12.4 Å². The van der Waals surface area contributed by atoms with Crippen LogP contribution in [0, 0.1) is 0 Å². The molecule has 0 saturated carbocycles. The van der Waals surface area contributed by atoms with Gasteiger partial charge >= 0.3 is 0 Å². The third-order valence-corrected chi connectivity index (χ3v) is 3.98. The average Bonchev–Trinajstić information content (AvgIpc) is 2.73. The molecule has 0 spiro atoms. The highest BCUT2D eigenvalue weighted by Gasteiger charge is 2.23. The topological polar surface area (TPSA) is 67.4 Å². The smallest absolute Gasteiger partial charge is 0.239 e. The van der Waals surface area contributed by atoms with Gasteiger partial charge in [0, 0.05) is 51.5 Å². The van der Waals surface area contributed by atoms with Crippen LogP contribution in [0.4, 0.5) is 0 Å². The van der Waals surface area contributed by atoms with Crippen molar-refractivity contribution in [1.82, 2.24) is 19.6 Å². The van der Waals surface area contributed by atoms with Gasteiger partial charge < -0.3 is 10.6 Å².